The van der Waals surface area contributed by atoms with Crippen molar-refractivity contribution >= 4 is 11.6 Å². The summed E-state index contributed by atoms with van der Waals surface area (Å²) in [5, 5.41) is 18.5. The molecule has 2 heterocycles. The van der Waals surface area contributed by atoms with Crippen LogP contribution in [-0.4, -0.2) is 56.1 Å². The second-order valence-corrected chi connectivity index (χ2v) is 7.27. The summed E-state index contributed by atoms with van der Waals surface area (Å²) in [6, 6.07) is 14.4. The predicted molar refractivity (Wildman–Crippen MR) is 105 cm³/mol. The summed E-state index contributed by atoms with van der Waals surface area (Å²) < 4.78 is 15.7. The molecule has 6 nitrogen and oxygen atoms in total. The fourth-order valence-electron chi connectivity index (χ4n) is 3.43. The van der Waals surface area contributed by atoms with Crippen molar-refractivity contribution in [2.24, 2.45) is 0 Å². The third-order valence-corrected chi connectivity index (χ3v) is 5.38. The average molecular weight is 402 g/mol. The first-order valence-corrected chi connectivity index (χ1v) is 9.56. The molecule has 0 unspecified atom stereocenters. The Morgan fingerprint density at radius 1 is 0.929 bits per heavy atom. The topological polar surface area (TPSA) is 57.4 Å². The van der Waals surface area contributed by atoms with Crippen LogP contribution < -0.4 is 0 Å². The predicted octanol–water partition coefficient (Wildman–Crippen LogP) is 3.08. The number of nitrogens with zero attached hydrogens (tertiary/aromatic N) is 5. The van der Waals surface area contributed by atoms with Crippen LogP contribution in [0.15, 0.2) is 48.5 Å². The molecule has 1 aliphatic rings. The van der Waals surface area contributed by atoms with Gasteiger partial charge in [-0.2, -0.15) is 0 Å². The van der Waals surface area contributed by atoms with Gasteiger partial charge >= 0.3 is 0 Å². The minimum atomic E-state index is -0.266. The molecule has 1 aliphatic heterocycles. The summed E-state index contributed by atoms with van der Waals surface area (Å²) in [7, 11) is 0. The van der Waals surface area contributed by atoms with Gasteiger partial charge in [0.15, 0.2) is 0 Å². The van der Waals surface area contributed by atoms with Crippen LogP contribution in [0.25, 0.3) is 5.69 Å². The molecule has 1 aromatic heterocycles. The molecule has 1 saturated heterocycles. The molecule has 8 heteroatoms. The standard InChI is InChI=1S/C20H21ClFN5O/c21-17-7-4-8-18(22)16(17)13-25-9-11-26(12-10-25)14-19-20(28)23-24-27(19)15-5-2-1-3-6-15/h1-8,28H,9-14H2. The largest absolute Gasteiger partial charge is 0.491 e. The molecule has 0 atom stereocenters. The molecule has 4 rings (SSSR count). The van der Waals surface area contributed by atoms with E-state index in [1.54, 1.807) is 16.8 Å². The minimum Gasteiger partial charge on any atom is -0.491 e. The smallest absolute Gasteiger partial charge is 0.256 e. The molecule has 1 fully saturated rings. The van der Waals surface area contributed by atoms with Crippen molar-refractivity contribution in [3.63, 3.8) is 0 Å². The molecule has 146 valence electrons. The average Bonchev–Trinajstić information content (AvgIpc) is 3.07. The van der Waals surface area contributed by atoms with E-state index in [2.05, 4.69) is 20.1 Å². The van der Waals surface area contributed by atoms with Gasteiger partial charge in [0.1, 0.15) is 11.5 Å². The quantitative estimate of drug-likeness (QED) is 0.712. The molecule has 0 saturated carbocycles. The first-order chi connectivity index (χ1) is 13.6. The lowest BCUT2D eigenvalue weighted by Gasteiger charge is -2.34. The Kier molecular flexibility index (Phi) is 5.57. The van der Waals surface area contributed by atoms with Crippen molar-refractivity contribution in [3.05, 3.63) is 70.6 Å². The molecule has 28 heavy (non-hydrogen) atoms. The van der Waals surface area contributed by atoms with Crippen molar-refractivity contribution in [3.8, 4) is 11.6 Å². The Labute approximate surface area is 167 Å². The van der Waals surface area contributed by atoms with Gasteiger partial charge in [-0.1, -0.05) is 46.2 Å². The van der Waals surface area contributed by atoms with Crippen molar-refractivity contribution in [2.75, 3.05) is 26.2 Å². The normalized spacial score (nSPS) is 15.8. The zero-order valence-corrected chi connectivity index (χ0v) is 16.1. The van der Waals surface area contributed by atoms with E-state index in [4.69, 9.17) is 11.6 Å². The highest BCUT2D eigenvalue weighted by atomic mass is 35.5. The maximum Gasteiger partial charge on any atom is 0.256 e. The monoisotopic (exact) mass is 401 g/mol. The molecule has 0 bridgehead atoms. The van der Waals surface area contributed by atoms with E-state index in [1.165, 1.54) is 6.07 Å². The highest BCUT2D eigenvalue weighted by Crippen LogP contribution is 2.23. The third kappa shape index (κ3) is 4.01. The van der Waals surface area contributed by atoms with Gasteiger partial charge in [-0.3, -0.25) is 9.80 Å². The minimum absolute atomic E-state index is 0.0515. The van der Waals surface area contributed by atoms with Crippen LogP contribution >= 0.6 is 11.6 Å². The maximum absolute atomic E-state index is 14.0. The van der Waals surface area contributed by atoms with E-state index in [0.29, 0.717) is 29.4 Å². The number of para-hydroxylation sites is 1. The van der Waals surface area contributed by atoms with Crippen LogP contribution in [0.1, 0.15) is 11.3 Å². The van der Waals surface area contributed by atoms with Gasteiger partial charge in [0.05, 0.1) is 5.69 Å². The van der Waals surface area contributed by atoms with E-state index >= 15 is 0 Å². The number of benzene rings is 2. The van der Waals surface area contributed by atoms with Gasteiger partial charge in [-0.15, -0.1) is 0 Å². The highest BCUT2D eigenvalue weighted by Gasteiger charge is 2.22. The number of halogens is 2. The number of piperazine rings is 1. The second kappa shape index (κ2) is 8.26. The van der Waals surface area contributed by atoms with Gasteiger partial charge in [0.2, 0.25) is 0 Å². The van der Waals surface area contributed by atoms with E-state index in [-0.39, 0.29) is 11.7 Å². The van der Waals surface area contributed by atoms with Gasteiger partial charge in [0.25, 0.3) is 5.88 Å². The first-order valence-electron chi connectivity index (χ1n) is 9.18. The van der Waals surface area contributed by atoms with Crippen molar-refractivity contribution in [1.29, 1.82) is 0 Å². The van der Waals surface area contributed by atoms with E-state index in [1.807, 2.05) is 30.3 Å². The zero-order valence-electron chi connectivity index (χ0n) is 15.3. The van der Waals surface area contributed by atoms with Crippen LogP contribution in [0.5, 0.6) is 5.88 Å². The number of aromatic nitrogens is 3. The van der Waals surface area contributed by atoms with Crippen LogP contribution in [0.3, 0.4) is 0 Å². The van der Waals surface area contributed by atoms with Crippen LogP contribution in [0.2, 0.25) is 5.02 Å². The van der Waals surface area contributed by atoms with Crippen LogP contribution in [0.4, 0.5) is 4.39 Å². The molecule has 0 radical (unpaired) electrons. The van der Waals surface area contributed by atoms with Crippen LogP contribution in [-0.2, 0) is 13.1 Å². The number of hydrogen-bond donors (Lipinski definition) is 1. The third-order valence-electron chi connectivity index (χ3n) is 5.03. The van der Waals surface area contributed by atoms with Gasteiger partial charge in [-0.25, -0.2) is 9.07 Å². The summed E-state index contributed by atoms with van der Waals surface area (Å²) in [5.41, 5.74) is 2.07. The SMILES string of the molecule is Oc1nnn(-c2ccccc2)c1CN1CCN(Cc2c(F)cccc2Cl)CC1. The Morgan fingerprint density at radius 2 is 1.61 bits per heavy atom. The Hall–Kier alpha value is -2.48. The van der Waals surface area contributed by atoms with Crippen molar-refractivity contribution in [2.45, 2.75) is 13.1 Å². The van der Waals surface area contributed by atoms with Crippen LogP contribution in [0, 0.1) is 5.82 Å². The second-order valence-electron chi connectivity index (χ2n) is 6.86. The lowest BCUT2D eigenvalue weighted by molar-refractivity contribution is 0.118. The molecule has 2 aromatic carbocycles. The Morgan fingerprint density at radius 3 is 2.29 bits per heavy atom. The number of aromatic hydroxyl groups is 1. The molecule has 0 aliphatic carbocycles. The van der Waals surface area contributed by atoms with E-state index < -0.39 is 0 Å². The first kappa shape index (κ1) is 18.9. The summed E-state index contributed by atoms with van der Waals surface area (Å²) in [5.74, 6) is -0.317. The van der Waals surface area contributed by atoms with Gasteiger partial charge in [-0.05, 0) is 24.3 Å². The molecule has 3 aromatic rings. The fraction of sp³-hybridized carbons (Fsp3) is 0.300. The Bertz CT molecular complexity index is 921. The number of rotatable bonds is 5. The van der Waals surface area contributed by atoms with E-state index in [9.17, 15) is 9.50 Å². The number of hydrogen-bond acceptors (Lipinski definition) is 5. The van der Waals surface area contributed by atoms with Gasteiger partial charge in [0, 0.05) is 49.9 Å². The van der Waals surface area contributed by atoms with Gasteiger partial charge < -0.3 is 5.11 Å². The lowest BCUT2D eigenvalue weighted by atomic mass is 10.1. The molecule has 0 spiro atoms. The lowest BCUT2D eigenvalue weighted by Crippen LogP contribution is -2.45. The van der Waals surface area contributed by atoms with Crippen molar-refractivity contribution < 1.29 is 9.50 Å². The Balaban J connectivity index is 1.40. The molecular formula is C20H21ClFN5O. The van der Waals surface area contributed by atoms with Crippen molar-refractivity contribution in [1.82, 2.24) is 24.8 Å². The van der Waals surface area contributed by atoms with E-state index in [0.717, 1.165) is 31.9 Å². The molecule has 1 N–H and O–H groups in total. The summed E-state index contributed by atoms with van der Waals surface area (Å²) in [6.07, 6.45) is 0. The fourth-order valence-corrected chi connectivity index (χ4v) is 3.65. The maximum atomic E-state index is 14.0. The molecule has 0 amide bonds. The summed E-state index contributed by atoms with van der Waals surface area (Å²) >= 11 is 6.14. The summed E-state index contributed by atoms with van der Waals surface area (Å²) in [6.45, 7) is 4.21. The highest BCUT2D eigenvalue weighted by molar-refractivity contribution is 6.31. The summed E-state index contributed by atoms with van der Waals surface area (Å²) in [4.78, 5) is 4.42. The molecular weight excluding hydrogens is 381 g/mol. The zero-order chi connectivity index (χ0) is 19.5.